The van der Waals surface area contributed by atoms with Crippen molar-refractivity contribution in [3.05, 3.63) is 92.4 Å². The minimum atomic E-state index is -0.296. The number of carbonyl (C=O) groups is 1. The lowest BCUT2D eigenvalue weighted by atomic mass is 10.0. The summed E-state index contributed by atoms with van der Waals surface area (Å²) in [5, 5.41) is 13.5. The zero-order chi connectivity index (χ0) is 22.4. The number of nitriles is 1. The Balaban J connectivity index is 1.70. The van der Waals surface area contributed by atoms with Gasteiger partial charge in [0.15, 0.2) is 6.61 Å². The van der Waals surface area contributed by atoms with Crippen molar-refractivity contribution in [2.75, 3.05) is 11.9 Å². The molecule has 0 fully saturated rings. The maximum Gasteiger partial charge on any atom is 0.262 e. The van der Waals surface area contributed by atoms with Crippen LogP contribution in [0.4, 0.5) is 5.69 Å². The molecule has 0 saturated heterocycles. The van der Waals surface area contributed by atoms with Crippen molar-refractivity contribution in [1.82, 2.24) is 0 Å². The number of halogens is 3. The number of carbonyl (C=O) groups excluding carboxylic acids is 1. The second-order valence-electron chi connectivity index (χ2n) is 6.69. The molecule has 0 atom stereocenters. The molecule has 0 aromatic heterocycles. The summed E-state index contributed by atoms with van der Waals surface area (Å²) in [4.78, 5) is 12.1. The zero-order valence-electron chi connectivity index (χ0n) is 16.5. The molecule has 0 aliphatic heterocycles. The summed E-state index contributed by atoms with van der Waals surface area (Å²) < 4.78 is 5.54. The first-order chi connectivity index (χ1) is 14.9. The van der Waals surface area contributed by atoms with Gasteiger partial charge in [-0.05, 0) is 60.5 Å². The average molecular weight is 472 g/mol. The maximum absolute atomic E-state index is 12.1. The van der Waals surface area contributed by atoms with E-state index in [0.717, 1.165) is 5.56 Å². The Hall–Kier alpha value is -2.97. The third kappa shape index (κ3) is 6.26. The molecule has 156 valence electrons. The molecule has 0 heterocycles. The van der Waals surface area contributed by atoms with Gasteiger partial charge in [0, 0.05) is 16.3 Å². The number of allylic oxidation sites excluding steroid dienone is 1. The summed E-state index contributed by atoms with van der Waals surface area (Å²) in [6.45, 7) is 1.76. The second kappa shape index (κ2) is 10.4. The van der Waals surface area contributed by atoms with Crippen LogP contribution in [0.15, 0.2) is 60.7 Å². The number of hydrogen-bond acceptors (Lipinski definition) is 3. The molecule has 0 spiro atoms. The van der Waals surface area contributed by atoms with E-state index < -0.39 is 0 Å². The van der Waals surface area contributed by atoms with Crippen molar-refractivity contribution < 1.29 is 9.53 Å². The Morgan fingerprint density at radius 1 is 1.06 bits per heavy atom. The summed E-state index contributed by atoms with van der Waals surface area (Å²) in [6, 6.07) is 19.6. The van der Waals surface area contributed by atoms with Crippen LogP contribution in [0.2, 0.25) is 15.1 Å². The summed E-state index contributed by atoms with van der Waals surface area (Å²) in [5.41, 5.74) is 3.36. The van der Waals surface area contributed by atoms with E-state index >= 15 is 0 Å². The molecule has 3 rings (SSSR count). The predicted molar refractivity (Wildman–Crippen MR) is 127 cm³/mol. The molecule has 7 heteroatoms. The molecule has 0 unspecified atom stereocenters. The smallest absolute Gasteiger partial charge is 0.262 e. The van der Waals surface area contributed by atoms with E-state index in [4.69, 9.17) is 39.5 Å². The van der Waals surface area contributed by atoms with Gasteiger partial charge in [-0.3, -0.25) is 4.79 Å². The molecule has 31 heavy (non-hydrogen) atoms. The van der Waals surface area contributed by atoms with E-state index in [2.05, 4.69) is 11.4 Å². The Kier molecular flexibility index (Phi) is 7.59. The molecule has 1 N–H and O–H groups in total. The van der Waals surface area contributed by atoms with Gasteiger partial charge in [0.1, 0.15) is 5.75 Å². The third-order valence-electron chi connectivity index (χ3n) is 4.27. The summed E-state index contributed by atoms with van der Waals surface area (Å²) in [7, 11) is 0. The lowest BCUT2D eigenvalue weighted by Gasteiger charge is -2.10. The Morgan fingerprint density at radius 2 is 1.87 bits per heavy atom. The van der Waals surface area contributed by atoms with Crippen molar-refractivity contribution in [3.63, 3.8) is 0 Å². The fourth-order valence-electron chi connectivity index (χ4n) is 2.83. The van der Waals surface area contributed by atoms with Crippen LogP contribution in [0.25, 0.3) is 11.6 Å². The number of ether oxygens (including phenoxy) is 1. The largest absolute Gasteiger partial charge is 0.482 e. The molecule has 0 radical (unpaired) electrons. The van der Waals surface area contributed by atoms with Crippen molar-refractivity contribution in [1.29, 1.82) is 5.26 Å². The standard InChI is InChI=1S/C24H17Cl3N2O2/c1-15-3-2-4-19(9-15)29-24(30)14-31-23-8-5-16(11-22(23)27)10-17(13-28)20-7-6-18(25)12-21(20)26/h2-12H,14H2,1H3,(H,29,30)/b17-10+. The van der Waals surface area contributed by atoms with Gasteiger partial charge < -0.3 is 10.1 Å². The Morgan fingerprint density at radius 3 is 2.55 bits per heavy atom. The van der Waals surface area contributed by atoms with Gasteiger partial charge in [-0.15, -0.1) is 0 Å². The number of hydrogen-bond donors (Lipinski definition) is 1. The van der Waals surface area contributed by atoms with E-state index in [1.807, 2.05) is 25.1 Å². The SMILES string of the molecule is Cc1cccc(NC(=O)COc2ccc(/C=C(\C#N)c3ccc(Cl)cc3Cl)cc2Cl)c1. The van der Waals surface area contributed by atoms with Gasteiger partial charge in [0.05, 0.1) is 21.7 Å². The summed E-state index contributed by atoms with van der Waals surface area (Å²) in [5.74, 6) is 0.0658. The van der Waals surface area contributed by atoms with E-state index in [1.54, 1.807) is 48.5 Å². The molecule has 0 bridgehead atoms. The molecule has 1 amide bonds. The van der Waals surface area contributed by atoms with Crippen LogP contribution in [0, 0.1) is 18.3 Å². The molecule has 3 aromatic carbocycles. The topological polar surface area (TPSA) is 62.1 Å². The predicted octanol–water partition coefficient (Wildman–Crippen LogP) is 7.04. The molecular weight excluding hydrogens is 455 g/mol. The van der Waals surface area contributed by atoms with Crippen molar-refractivity contribution in [3.8, 4) is 11.8 Å². The van der Waals surface area contributed by atoms with E-state index in [9.17, 15) is 10.1 Å². The van der Waals surface area contributed by atoms with Crippen LogP contribution in [0.3, 0.4) is 0 Å². The van der Waals surface area contributed by atoms with Crippen LogP contribution in [0.5, 0.6) is 5.75 Å². The van der Waals surface area contributed by atoms with Crippen molar-refractivity contribution in [2.45, 2.75) is 6.92 Å². The Bertz CT molecular complexity index is 1200. The molecule has 0 aliphatic rings. The highest BCUT2D eigenvalue weighted by atomic mass is 35.5. The molecular formula is C24H17Cl3N2O2. The van der Waals surface area contributed by atoms with Crippen LogP contribution < -0.4 is 10.1 Å². The van der Waals surface area contributed by atoms with Gasteiger partial charge in [-0.25, -0.2) is 0 Å². The Labute approximate surface area is 195 Å². The third-order valence-corrected chi connectivity index (χ3v) is 5.11. The first-order valence-corrected chi connectivity index (χ1v) is 10.3. The molecule has 3 aromatic rings. The first kappa shape index (κ1) is 22.7. The quantitative estimate of drug-likeness (QED) is 0.310. The first-order valence-electron chi connectivity index (χ1n) is 9.22. The van der Waals surface area contributed by atoms with Crippen LogP contribution >= 0.6 is 34.8 Å². The lowest BCUT2D eigenvalue weighted by Crippen LogP contribution is -2.20. The minimum Gasteiger partial charge on any atom is -0.482 e. The van der Waals surface area contributed by atoms with Crippen molar-refractivity contribution >= 4 is 58.0 Å². The minimum absolute atomic E-state index is 0.188. The maximum atomic E-state index is 12.1. The van der Waals surface area contributed by atoms with Gasteiger partial charge in [0.2, 0.25) is 0 Å². The summed E-state index contributed by atoms with van der Waals surface area (Å²) >= 11 is 18.4. The summed E-state index contributed by atoms with van der Waals surface area (Å²) in [6.07, 6.45) is 1.66. The normalized spacial score (nSPS) is 11.0. The highest BCUT2D eigenvalue weighted by molar-refractivity contribution is 6.36. The van der Waals surface area contributed by atoms with E-state index in [1.165, 1.54) is 0 Å². The zero-order valence-corrected chi connectivity index (χ0v) is 18.7. The molecule has 0 saturated carbocycles. The van der Waals surface area contributed by atoms with Crippen molar-refractivity contribution in [2.24, 2.45) is 0 Å². The number of benzene rings is 3. The average Bonchev–Trinajstić information content (AvgIpc) is 2.72. The van der Waals surface area contributed by atoms with E-state index in [-0.39, 0.29) is 12.5 Å². The highest BCUT2D eigenvalue weighted by Gasteiger charge is 2.10. The van der Waals surface area contributed by atoms with Crippen LogP contribution in [0.1, 0.15) is 16.7 Å². The second-order valence-corrected chi connectivity index (χ2v) is 7.94. The van der Waals surface area contributed by atoms with Crippen LogP contribution in [-0.4, -0.2) is 12.5 Å². The van der Waals surface area contributed by atoms with E-state index in [0.29, 0.717) is 43.2 Å². The number of nitrogens with one attached hydrogen (secondary N) is 1. The fourth-order valence-corrected chi connectivity index (χ4v) is 3.59. The highest BCUT2D eigenvalue weighted by Crippen LogP contribution is 2.30. The molecule has 0 aliphatic carbocycles. The number of nitrogens with zero attached hydrogens (tertiary/aromatic N) is 1. The van der Waals surface area contributed by atoms with Gasteiger partial charge in [-0.1, -0.05) is 59.1 Å². The monoisotopic (exact) mass is 470 g/mol. The van der Waals surface area contributed by atoms with Gasteiger partial charge >= 0.3 is 0 Å². The van der Waals surface area contributed by atoms with Gasteiger partial charge in [-0.2, -0.15) is 5.26 Å². The van der Waals surface area contributed by atoms with Gasteiger partial charge in [0.25, 0.3) is 5.91 Å². The number of aryl methyl sites for hydroxylation is 1. The number of amides is 1. The fraction of sp³-hybridized carbons (Fsp3) is 0.0833. The number of anilines is 1. The van der Waals surface area contributed by atoms with Crippen LogP contribution in [-0.2, 0) is 4.79 Å². The lowest BCUT2D eigenvalue weighted by molar-refractivity contribution is -0.118. The number of rotatable bonds is 6. The molecule has 4 nitrogen and oxygen atoms in total.